The summed E-state index contributed by atoms with van der Waals surface area (Å²) in [4.78, 5) is 14.6. The molecule has 2 rings (SSSR count). The summed E-state index contributed by atoms with van der Waals surface area (Å²) >= 11 is 0. The number of hydrogen-bond donors (Lipinski definition) is 2. The Labute approximate surface area is 122 Å². The van der Waals surface area contributed by atoms with Crippen LogP contribution in [0.4, 0.5) is 0 Å². The average Bonchev–Trinajstić information content (AvgIpc) is 2.93. The maximum atomic E-state index is 11.9. The highest BCUT2D eigenvalue weighted by atomic mass is 32.2. The Hall–Kier alpha value is -1.89. The Bertz CT molecular complexity index is 661. The van der Waals surface area contributed by atoms with Gasteiger partial charge >= 0.3 is 0 Å². The number of rotatable bonds is 4. The van der Waals surface area contributed by atoms with E-state index in [0.717, 1.165) is 6.26 Å². The third-order valence-corrected chi connectivity index (χ3v) is 4.39. The van der Waals surface area contributed by atoms with E-state index in [1.807, 2.05) is 6.07 Å². The lowest BCUT2D eigenvalue weighted by molar-refractivity contribution is 0.000415. The van der Waals surface area contributed by atoms with E-state index >= 15 is 0 Å². The lowest BCUT2D eigenvalue weighted by atomic mass is 10.3. The van der Waals surface area contributed by atoms with Crippen LogP contribution in [0.15, 0.2) is 12.3 Å². The molecule has 0 radical (unpaired) electrons. The van der Waals surface area contributed by atoms with E-state index in [4.69, 9.17) is 10.00 Å². The molecule has 114 valence electrons. The highest BCUT2D eigenvalue weighted by Crippen LogP contribution is 2.08. The van der Waals surface area contributed by atoms with Crippen LogP contribution in [0.5, 0.6) is 0 Å². The molecular weight excluding hydrogens is 296 g/mol. The molecule has 0 saturated carbocycles. The first-order chi connectivity index (χ1) is 9.90. The molecule has 8 nitrogen and oxygen atoms in total. The molecule has 2 heterocycles. The number of H-pyrrole nitrogens is 1. The maximum Gasteiger partial charge on any atom is 0.267 e. The van der Waals surface area contributed by atoms with Crippen LogP contribution in [0.1, 0.15) is 16.1 Å². The summed E-state index contributed by atoms with van der Waals surface area (Å²) in [6.45, 7) is 1.04. The first-order valence-electron chi connectivity index (χ1n) is 6.33. The van der Waals surface area contributed by atoms with Crippen LogP contribution in [0.3, 0.4) is 0 Å². The minimum absolute atomic E-state index is 0.200. The molecule has 1 amide bonds. The van der Waals surface area contributed by atoms with Gasteiger partial charge in [0.25, 0.3) is 5.91 Å². The molecule has 9 heteroatoms. The van der Waals surface area contributed by atoms with Gasteiger partial charge < -0.3 is 15.0 Å². The standard InChI is InChI=1S/C12H16N4O4S/c1-21(18,19)16-2-3-20-10(8-16)7-15-12(17)11-4-9(5-13)6-14-11/h4,6,10,14H,2-3,7-8H2,1H3,(H,15,17)/t10-/m0/s1. The molecule has 1 aliphatic heterocycles. The third kappa shape index (κ3) is 4.04. The van der Waals surface area contributed by atoms with Gasteiger partial charge in [0.1, 0.15) is 11.8 Å². The van der Waals surface area contributed by atoms with Crippen LogP contribution in [0, 0.1) is 11.3 Å². The fourth-order valence-electron chi connectivity index (χ4n) is 2.01. The third-order valence-electron chi connectivity index (χ3n) is 3.12. The van der Waals surface area contributed by atoms with Crippen molar-refractivity contribution in [2.45, 2.75) is 6.10 Å². The number of nitrogens with one attached hydrogen (secondary N) is 2. The maximum absolute atomic E-state index is 11.9. The average molecular weight is 312 g/mol. The number of morpholine rings is 1. The Kier molecular flexibility index (Phi) is 4.62. The largest absolute Gasteiger partial charge is 0.374 e. The van der Waals surface area contributed by atoms with Crippen LogP contribution < -0.4 is 5.32 Å². The number of sulfonamides is 1. The van der Waals surface area contributed by atoms with Gasteiger partial charge in [0.15, 0.2) is 0 Å². The van der Waals surface area contributed by atoms with Crippen molar-refractivity contribution < 1.29 is 17.9 Å². The highest BCUT2D eigenvalue weighted by Gasteiger charge is 2.26. The van der Waals surface area contributed by atoms with Crippen molar-refractivity contribution in [1.82, 2.24) is 14.6 Å². The molecule has 21 heavy (non-hydrogen) atoms. The summed E-state index contributed by atoms with van der Waals surface area (Å²) in [6, 6.07) is 3.37. The zero-order valence-corrected chi connectivity index (χ0v) is 12.3. The van der Waals surface area contributed by atoms with Gasteiger partial charge in [0.2, 0.25) is 10.0 Å². The number of aromatic amines is 1. The van der Waals surface area contributed by atoms with Crippen LogP contribution >= 0.6 is 0 Å². The molecule has 1 aliphatic rings. The lowest BCUT2D eigenvalue weighted by Gasteiger charge is -2.31. The minimum Gasteiger partial charge on any atom is -0.374 e. The molecule has 2 N–H and O–H groups in total. The van der Waals surface area contributed by atoms with Crippen LogP contribution in [-0.2, 0) is 14.8 Å². The number of hydrogen-bond acceptors (Lipinski definition) is 5. The number of carbonyl (C=O) groups is 1. The molecule has 1 aromatic heterocycles. The molecule has 0 aromatic carbocycles. The first kappa shape index (κ1) is 15.5. The second kappa shape index (κ2) is 6.26. The van der Waals surface area contributed by atoms with Crippen LogP contribution in [-0.4, -0.2) is 62.2 Å². The summed E-state index contributed by atoms with van der Waals surface area (Å²) in [5.41, 5.74) is 0.652. The molecule has 0 spiro atoms. The molecule has 0 bridgehead atoms. The van der Waals surface area contributed by atoms with Crippen molar-refractivity contribution in [3.63, 3.8) is 0 Å². The molecule has 0 aliphatic carbocycles. The van der Waals surface area contributed by atoms with Gasteiger partial charge in [0, 0.05) is 25.8 Å². The van der Waals surface area contributed by atoms with Gasteiger partial charge in [-0.25, -0.2) is 8.42 Å². The number of nitrogens with zero attached hydrogens (tertiary/aromatic N) is 2. The van der Waals surface area contributed by atoms with Gasteiger partial charge in [-0.2, -0.15) is 9.57 Å². The number of nitriles is 1. The van der Waals surface area contributed by atoms with Gasteiger partial charge in [-0.1, -0.05) is 0 Å². The van der Waals surface area contributed by atoms with E-state index in [1.165, 1.54) is 16.6 Å². The molecular formula is C12H16N4O4S. The zero-order chi connectivity index (χ0) is 15.5. The van der Waals surface area contributed by atoms with Gasteiger partial charge in [-0.05, 0) is 6.07 Å². The summed E-state index contributed by atoms with van der Waals surface area (Å²) in [5.74, 6) is -0.364. The Balaban J connectivity index is 1.88. The van der Waals surface area contributed by atoms with E-state index < -0.39 is 10.0 Å². The van der Waals surface area contributed by atoms with Crippen LogP contribution in [0.25, 0.3) is 0 Å². The quantitative estimate of drug-likeness (QED) is 0.761. The van der Waals surface area contributed by atoms with Crippen molar-refractivity contribution in [1.29, 1.82) is 5.26 Å². The van der Waals surface area contributed by atoms with Crippen molar-refractivity contribution in [2.75, 3.05) is 32.5 Å². The van der Waals surface area contributed by atoms with E-state index in [2.05, 4.69) is 10.3 Å². The van der Waals surface area contributed by atoms with Gasteiger partial charge in [-0.3, -0.25) is 4.79 Å². The number of aromatic nitrogens is 1. The van der Waals surface area contributed by atoms with E-state index in [1.54, 1.807) is 0 Å². The molecule has 0 unspecified atom stereocenters. The summed E-state index contributed by atoms with van der Waals surface area (Å²) in [6.07, 6.45) is 2.20. The molecule has 1 aromatic rings. The highest BCUT2D eigenvalue weighted by molar-refractivity contribution is 7.88. The molecule has 1 fully saturated rings. The lowest BCUT2D eigenvalue weighted by Crippen LogP contribution is -2.49. The smallest absolute Gasteiger partial charge is 0.267 e. The van der Waals surface area contributed by atoms with E-state index in [9.17, 15) is 13.2 Å². The number of carbonyl (C=O) groups excluding carboxylic acids is 1. The first-order valence-corrected chi connectivity index (χ1v) is 8.18. The zero-order valence-electron chi connectivity index (χ0n) is 11.5. The fourth-order valence-corrected chi connectivity index (χ4v) is 2.85. The monoisotopic (exact) mass is 312 g/mol. The summed E-state index contributed by atoms with van der Waals surface area (Å²) in [7, 11) is -3.25. The van der Waals surface area contributed by atoms with Crippen molar-refractivity contribution in [3.8, 4) is 6.07 Å². The Morgan fingerprint density at radius 2 is 2.43 bits per heavy atom. The number of amides is 1. The Morgan fingerprint density at radius 3 is 3.05 bits per heavy atom. The SMILES string of the molecule is CS(=O)(=O)N1CCO[C@@H](CNC(=O)c2cc(C#N)c[nH]2)C1. The van der Waals surface area contributed by atoms with Crippen LogP contribution in [0.2, 0.25) is 0 Å². The second-order valence-corrected chi connectivity index (χ2v) is 6.72. The predicted octanol–water partition coefficient (Wildman–Crippen LogP) is -0.723. The molecule has 1 atom stereocenters. The van der Waals surface area contributed by atoms with E-state index in [-0.39, 0.29) is 30.8 Å². The Morgan fingerprint density at radius 1 is 1.67 bits per heavy atom. The van der Waals surface area contributed by atoms with Crippen molar-refractivity contribution in [3.05, 3.63) is 23.5 Å². The topological polar surface area (TPSA) is 115 Å². The van der Waals surface area contributed by atoms with Gasteiger partial charge in [0.05, 0.1) is 24.5 Å². The predicted molar refractivity (Wildman–Crippen MR) is 74.0 cm³/mol. The van der Waals surface area contributed by atoms with Gasteiger partial charge in [-0.15, -0.1) is 0 Å². The van der Waals surface area contributed by atoms with Crippen molar-refractivity contribution in [2.24, 2.45) is 0 Å². The minimum atomic E-state index is -3.25. The number of ether oxygens (including phenoxy) is 1. The fraction of sp³-hybridized carbons (Fsp3) is 0.500. The molecule has 1 saturated heterocycles. The summed E-state index contributed by atoms with van der Waals surface area (Å²) in [5, 5.41) is 11.3. The van der Waals surface area contributed by atoms with E-state index in [0.29, 0.717) is 18.7 Å². The normalized spacial score (nSPS) is 19.9. The summed E-state index contributed by atoms with van der Waals surface area (Å²) < 4.78 is 29.7. The second-order valence-electron chi connectivity index (χ2n) is 4.74. The van der Waals surface area contributed by atoms with Crippen molar-refractivity contribution >= 4 is 15.9 Å².